The standard InChI is InChI=1S/C3H8O2Si.CH6O2Si/c1-3-6(2,4)5;1-4(2)3/h3-5H,1H2,2H3;2-4H,1H3. The van der Waals surface area contributed by atoms with E-state index in [1.165, 1.54) is 18.8 Å². The fourth-order valence-electron chi connectivity index (χ4n) is 0. The van der Waals surface area contributed by atoms with Crippen LogP contribution in [-0.4, -0.2) is 37.0 Å². The van der Waals surface area contributed by atoms with Crippen molar-refractivity contribution < 1.29 is 19.2 Å². The fraction of sp³-hybridized carbons (Fsp3) is 0.500. The highest BCUT2D eigenvalue weighted by molar-refractivity contribution is 6.68. The van der Waals surface area contributed by atoms with Gasteiger partial charge >= 0.3 is 17.8 Å². The lowest BCUT2D eigenvalue weighted by Gasteiger charge is -2.00. The molecule has 10 heavy (non-hydrogen) atoms. The monoisotopic (exact) mass is 182 g/mol. The van der Waals surface area contributed by atoms with Crippen molar-refractivity contribution >= 4 is 17.8 Å². The molecular formula is C4H14O4Si2. The largest absolute Gasteiger partial charge is 0.413 e. The van der Waals surface area contributed by atoms with Gasteiger partial charge in [0.25, 0.3) is 0 Å². The van der Waals surface area contributed by atoms with Crippen LogP contribution in [0.2, 0.25) is 13.1 Å². The van der Waals surface area contributed by atoms with Crippen molar-refractivity contribution in [1.82, 2.24) is 0 Å². The molecule has 6 heteroatoms. The van der Waals surface area contributed by atoms with E-state index in [0.717, 1.165) is 0 Å². The molecule has 0 atom stereocenters. The molecule has 0 spiro atoms. The van der Waals surface area contributed by atoms with Gasteiger partial charge in [0.05, 0.1) is 0 Å². The molecule has 62 valence electrons. The van der Waals surface area contributed by atoms with Gasteiger partial charge in [-0.2, -0.15) is 0 Å². The molecular weight excluding hydrogens is 168 g/mol. The van der Waals surface area contributed by atoms with E-state index in [1.807, 2.05) is 0 Å². The summed E-state index contributed by atoms with van der Waals surface area (Å²) in [5, 5.41) is 0. The lowest BCUT2D eigenvalue weighted by Crippen LogP contribution is -2.25. The molecule has 0 bridgehead atoms. The first-order valence-electron chi connectivity index (χ1n) is 2.74. The van der Waals surface area contributed by atoms with Crippen molar-refractivity contribution in [2.24, 2.45) is 0 Å². The van der Waals surface area contributed by atoms with E-state index >= 15 is 0 Å². The smallest absolute Gasteiger partial charge is 0.355 e. The second kappa shape index (κ2) is 5.77. The van der Waals surface area contributed by atoms with Gasteiger partial charge < -0.3 is 19.2 Å². The Morgan fingerprint density at radius 3 is 1.50 bits per heavy atom. The third kappa shape index (κ3) is 43.4. The van der Waals surface area contributed by atoms with Crippen molar-refractivity contribution in [3.8, 4) is 0 Å². The summed E-state index contributed by atoms with van der Waals surface area (Å²) in [5.41, 5.74) is 1.19. The Kier molecular flexibility index (Phi) is 7.31. The van der Waals surface area contributed by atoms with Gasteiger partial charge in [-0.3, -0.25) is 0 Å². The summed E-state index contributed by atoms with van der Waals surface area (Å²) in [5.74, 6) is 0. The number of rotatable bonds is 1. The lowest BCUT2D eigenvalue weighted by molar-refractivity contribution is 0.390. The number of hydrogen-bond donors (Lipinski definition) is 4. The van der Waals surface area contributed by atoms with Crippen LogP contribution in [0.25, 0.3) is 0 Å². The maximum absolute atomic E-state index is 8.40. The molecule has 4 nitrogen and oxygen atoms in total. The highest BCUT2D eigenvalue weighted by atomic mass is 28.4. The van der Waals surface area contributed by atoms with E-state index in [4.69, 9.17) is 19.2 Å². The first kappa shape index (κ1) is 12.7. The summed E-state index contributed by atoms with van der Waals surface area (Å²) in [6.07, 6.45) is 0. The Balaban J connectivity index is 0. The third-order valence-corrected chi connectivity index (χ3v) is 1.16. The SMILES string of the molecule is C=C[Si](C)(O)O.C[SiH](O)O. The minimum Gasteiger partial charge on any atom is -0.413 e. The average Bonchev–Trinajstić information content (AvgIpc) is 1.63. The van der Waals surface area contributed by atoms with Gasteiger partial charge in [0, 0.05) is 0 Å². The van der Waals surface area contributed by atoms with E-state index in [-0.39, 0.29) is 0 Å². The maximum Gasteiger partial charge on any atom is 0.355 e. The first-order chi connectivity index (χ1) is 4.29. The topological polar surface area (TPSA) is 80.9 Å². The lowest BCUT2D eigenvalue weighted by atomic mass is 11.3. The Bertz CT molecular complexity index is 85.0. The molecule has 4 N–H and O–H groups in total. The molecule has 0 aliphatic heterocycles. The molecule has 0 saturated heterocycles. The van der Waals surface area contributed by atoms with Gasteiger partial charge in [-0.25, -0.2) is 0 Å². The van der Waals surface area contributed by atoms with Crippen molar-refractivity contribution in [2.45, 2.75) is 13.1 Å². The predicted octanol–water partition coefficient (Wildman–Crippen LogP) is -1.41. The fourth-order valence-corrected chi connectivity index (χ4v) is 0. The Morgan fingerprint density at radius 1 is 1.40 bits per heavy atom. The van der Waals surface area contributed by atoms with Crippen molar-refractivity contribution in [1.29, 1.82) is 0 Å². The van der Waals surface area contributed by atoms with E-state index < -0.39 is 17.8 Å². The van der Waals surface area contributed by atoms with Gasteiger partial charge in [0.2, 0.25) is 0 Å². The van der Waals surface area contributed by atoms with Crippen LogP contribution in [0, 0.1) is 0 Å². The molecule has 0 aromatic rings. The highest BCUT2D eigenvalue weighted by Crippen LogP contribution is 1.86. The minimum absolute atomic E-state index is 1.19. The van der Waals surface area contributed by atoms with Crippen molar-refractivity contribution in [3.63, 3.8) is 0 Å². The van der Waals surface area contributed by atoms with Crippen LogP contribution in [0.1, 0.15) is 0 Å². The van der Waals surface area contributed by atoms with E-state index in [1.54, 1.807) is 0 Å². The Morgan fingerprint density at radius 2 is 1.50 bits per heavy atom. The van der Waals surface area contributed by atoms with Gasteiger partial charge in [0.15, 0.2) is 0 Å². The molecule has 0 unspecified atom stereocenters. The molecule has 0 aromatic carbocycles. The zero-order valence-corrected chi connectivity index (χ0v) is 8.31. The normalized spacial score (nSPS) is 10.3. The predicted molar refractivity (Wildman–Crippen MR) is 43.7 cm³/mol. The van der Waals surface area contributed by atoms with Crippen LogP contribution in [0.5, 0.6) is 0 Å². The molecule has 0 aliphatic carbocycles. The molecule has 0 fully saturated rings. The zero-order valence-electron chi connectivity index (χ0n) is 6.15. The van der Waals surface area contributed by atoms with Gasteiger partial charge in [-0.05, 0) is 13.1 Å². The van der Waals surface area contributed by atoms with Gasteiger partial charge in [-0.1, -0.05) is 5.70 Å². The molecule has 0 rings (SSSR count). The van der Waals surface area contributed by atoms with Crippen LogP contribution in [-0.2, 0) is 0 Å². The molecule has 0 radical (unpaired) electrons. The first-order valence-corrected chi connectivity index (χ1v) is 7.40. The van der Waals surface area contributed by atoms with Gasteiger partial charge in [-0.15, -0.1) is 6.58 Å². The summed E-state index contributed by atoms with van der Waals surface area (Å²) in [6.45, 7) is 5.99. The summed E-state index contributed by atoms with van der Waals surface area (Å²) in [7, 11) is -5.01. The molecule has 0 heterocycles. The van der Waals surface area contributed by atoms with Crippen LogP contribution >= 0.6 is 0 Å². The van der Waals surface area contributed by atoms with Gasteiger partial charge in [0.1, 0.15) is 0 Å². The molecule has 0 amide bonds. The Hall–Kier alpha value is 0.0138. The third-order valence-electron chi connectivity index (χ3n) is 0.387. The second-order valence-electron chi connectivity index (χ2n) is 1.93. The minimum atomic E-state index is -2.87. The van der Waals surface area contributed by atoms with E-state index in [0.29, 0.717) is 0 Å². The van der Waals surface area contributed by atoms with Crippen molar-refractivity contribution in [2.75, 3.05) is 0 Å². The number of hydrogen-bond acceptors (Lipinski definition) is 4. The molecule has 0 aliphatic rings. The van der Waals surface area contributed by atoms with Crippen LogP contribution in [0.15, 0.2) is 12.3 Å². The van der Waals surface area contributed by atoms with Crippen molar-refractivity contribution in [3.05, 3.63) is 12.3 Å². The summed E-state index contributed by atoms with van der Waals surface area (Å²) < 4.78 is 0. The zero-order chi connectivity index (χ0) is 8.78. The van der Waals surface area contributed by atoms with E-state index in [2.05, 4.69) is 6.58 Å². The molecule has 0 saturated carbocycles. The van der Waals surface area contributed by atoms with E-state index in [9.17, 15) is 0 Å². The maximum atomic E-state index is 8.40. The average molecular weight is 182 g/mol. The highest BCUT2D eigenvalue weighted by Gasteiger charge is 2.13. The van der Waals surface area contributed by atoms with Crippen LogP contribution in [0.3, 0.4) is 0 Å². The summed E-state index contributed by atoms with van der Waals surface area (Å²) in [4.78, 5) is 32.3. The quantitative estimate of drug-likeness (QED) is 0.376. The van der Waals surface area contributed by atoms with Crippen LogP contribution in [0.4, 0.5) is 0 Å². The second-order valence-corrected chi connectivity index (χ2v) is 5.79. The summed E-state index contributed by atoms with van der Waals surface area (Å²) >= 11 is 0. The molecule has 0 aromatic heterocycles. The summed E-state index contributed by atoms with van der Waals surface area (Å²) in [6, 6.07) is 0. The Labute approximate surface area is 63.2 Å². The van der Waals surface area contributed by atoms with Crippen LogP contribution < -0.4 is 0 Å².